The van der Waals surface area contributed by atoms with E-state index in [2.05, 4.69) is 10.0 Å². The quantitative estimate of drug-likeness (QED) is 0.620. The number of thioether (sulfide) groups is 1. The molecule has 86 valence electrons. The van der Waals surface area contributed by atoms with Gasteiger partial charge in [-0.3, -0.25) is 4.79 Å². The molecular weight excluding hydrogens is 214 g/mol. The van der Waals surface area contributed by atoms with Gasteiger partial charge in [0.25, 0.3) is 0 Å². The molecule has 2 rings (SSSR count). The molecule has 0 aliphatic carbocycles. The maximum Gasteiger partial charge on any atom is 0.323 e. The summed E-state index contributed by atoms with van der Waals surface area (Å²) in [7, 11) is 0. The predicted octanol–water partition coefficient (Wildman–Crippen LogP) is -0.0441. The van der Waals surface area contributed by atoms with Crippen molar-refractivity contribution in [2.75, 3.05) is 38.2 Å². The van der Waals surface area contributed by atoms with Crippen LogP contribution in [0.2, 0.25) is 0 Å². The number of carboxylic acid groups (broad SMARTS) is 1. The lowest BCUT2D eigenvalue weighted by atomic mass is 10.2. The summed E-state index contributed by atoms with van der Waals surface area (Å²) < 4.78 is 0. The molecule has 0 aromatic carbocycles. The first-order valence-electron chi connectivity index (χ1n) is 5.24. The molecule has 6 heteroatoms. The summed E-state index contributed by atoms with van der Waals surface area (Å²) in [4.78, 5) is 11.2. The van der Waals surface area contributed by atoms with Gasteiger partial charge in [-0.05, 0) is 18.4 Å². The lowest BCUT2D eigenvalue weighted by molar-refractivity contribution is -0.161. The van der Waals surface area contributed by atoms with Crippen LogP contribution in [-0.4, -0.2) is 70.4 Å². The van der Waals surface area contributed by atoms with Crippen molar-refractivity contribution in [3.05, 3.63) is 0 Å². The van der Waals surface area contributed by atoms with Crippen LogP contribution in [0.5, 0.6) is 0 Å². The van der Waals surface area contributed by atoms with Crippen LogP contribution in [-0.2, 0) is 4.79 Å². The molecule has 15 heavy (non-hydrogen) atoms. The van der Waals surface area contributed by atoms with Gasteiger partial charge in [-0.2, -0.15) is 16.9 Å². The number of carbonyl (C=O) groups is 1. The lowest BCUT2D eigenvalue weighted by Gasteiger charge is -2.29. The van der Waals surface area contributed by atoms with Gasteiger partial charge in [0.2, 0.25) is 0 Å². The SMILES string of the molecule is CSCCC(C(=O)O)N(N1CC1)N1CC1. The minimum absolute atomic E-state index is 0.373. The maximum absolute atomic E-state index is 11.2. The molecule has 2 fully saturated rings. The highest BCUT2D eigenvalue weighted by Crippen LogP contribution is 2.24. The fraction of sp³-hybridized carbons (Fsp3) is 0.889. The van der Waals surface area contributed by atoms with Crippen molar-refractivity contribution >= 4 is 17.7 Å². The molecule has 2 saturated heterocycles. The minimum atomic E-state index is -0.706. The zero-order valence-electron chi connectivity index (χ0n) is 8.93. The molecule has 1 atom stereocenters. The molecule has 2 aliphatic heterocycles. The first kappa shape index (κ1) is 11.2. The van der Waals surface area contributed by atoms with Crippen molar-refractivity contribution in [3.8, 4) is 0 Å². The van der Waals surface area contributed by atoms with Crippen molar-refractivity contribution in [1.82, 2.24) is 15.1 Å². The number of nitrogens with zero attached hydrogens (tertiary/aromatic N) is 3. The maximum atomic E-state index is 11.2. The Hall–Kier alpha value is -0.300. The lowest BCUT2D eigenvalue weighted by Crippen LogP contribution is -2.48. The van der Waals surface area contributed by atoms with Gasteiger partial charge in [-0.25, -0.2) is 10.0 Å². The molecule has 0 aromatic rings. The van der Waals surface area contributed by atoms with E-state index in [0.717, 1.165) is 31.9 Å². The third-order valence-corrected chi connectivity index (χ3v) is 3.23. The molecule has 1 N–H and O–H groups in total. The van der Waals surface area contributed by atoms with E-state index in [1.54, 1.807) is 11.8 Å². The molecule has 5 nitrogen and oxygen atoms in total. The van der Waals surface area contributed by atoms with Crippen LogP contribution in [0, 0.1) is 0 Å². The molecule has 0 bridgehead atoms. The molecule has 0 amide bonds. The molecule has 2 heterocycles. The van der Waals surface area contributed by atoms with Gasteiger partial charge in [0.15, 0.2) is 0 Å². The van der Waals surface area contributed by atoms with Crippen LogP contribution in [0.3, 0.4) is 0 Å². The van der Waals surface area contributed by atoms with Crippen molar-refractivity contribution < 1.29 is 9.90 Å². The highest BCUT2D eigenvalue weighted by Gasteiger charge is 2.42. The Labute approximate surface area is 93.9 Å². The summed E-state index contributed by atoms with van der Waals surface area (Å²) in [5.41, 5.74) is 0. The van der Waals surface area contributed by atoms with Crippen LogP contribution in [0.4, 0.5) is 0 Å². The van der Waals surface area contributed by atoms with Gasteiger partial charge in [0.1, 0.15) is 6.04 Å². The van der Waals surface area contributed by atoms with Gasteiger partial charge in [-0.15, -0.1) is 0 Å². The zero-order valence-corrected chi connectivity index (χ0v) is 9.74. The largest absolute Gasteiger partial charge is 0.480 e. The average Bonchev–Trinajstić information content (AvgIpc) is 3.02. The predicted molar refractivity (Wildman–Crippen MR) is 59.4 cm³/mol. The average molecular weight is 231 g/mol. The third-order valence-electron chi connectivity index (χ3n) is 2.59. The number of hydrogen-bond acceptors (Lipinski definition) is 5. The summed E-state index contributed by atoms with van der Waals surface area (Å²) in [6.07, 6.45) is 2.72. The van der Waals surface area contributed by atoms with E-state index in [4.69, 9.17) is 0 Å². The highest BCUT2D eigenvalue weighted by atomic mass is 32.2. The van der Waals surface area contributed by atoms with E-state index in [0.29, 0.717) is 6.42 Å². The first-order chi connectivity index (χ1) is 7.24. The van der Waals surface area contributed by atoms with E-state index >= 15 is 0 Å². The Bertz CT molecular complexity index is 232. The topological polar surface area (TPSA) is 46.6 Å². The summed E-state index contributed by atoms with van der Waals surface area (Å²) in [5.74, 6) is 0.192. The summed E-state index contributed by atoms with van der Waals surface area (Å²) in [5, 5.41) is 15.4. The summed E-state index contributed by atoms with van der Waals surface area (Å²) in [6.45, 7) is 4.00. The Kier molecular flexibility index (Phi) is 3.50. The van der Waals surface area contributed by atoms with E-state index in [-0.39, 0.29) is 6.04 Å². The number of hydrazine groups is 2. The number of rotatable bonds is 7. The summed E-state index contributed by atoms with van der Waals surface area (Å²) >= 11 is 1.70. The van der Waals surface area contributed by atoms with E-state index in [1.165, 1.54) is 0 Å². The van der Waals surface area contributed by atoms with Gasteiger partial charge in [0.05, 0.1) is 0 Å². The smallest absolute Gasteiger partial charge is 0.323 e. The molecule has 0 spiro atoms. The van der Waals surface area contributed by atoms with Gasteiger partial charge < -0.3 is 5.11 Å². The first-order valence-corrected chi connectivity index (χ1v) is 6.64. The minimum Gasteiger partial charge on any atom is -0.480 e. The van der Waals surface area contributed by atoms with Crippen LogP contribution in [0.1, 0.15) is 6.42 Å². The van der Waals surface area contributed by atoms with Crippen molar-refractivity contribution in [2.45, 2.75) is 12.5 Å². The molecule has 2 aliphatic rings. The van der Waals surface area contributed by atoms with Gasteiger partial charge >= 0.3 is 5.97 Å². The second-order valence-corrected chi connectivity index (χ2v) is 4.85. The van der Waals surface area contributed by atoms with Crippen LogP contribution < -0.4 is 0 Å². The molecule has 0 radical (unpaired) electrons. The van der Waals surface area contributed by atoms with Crippen LogP contribution in [0.25, 0.3) is 0 Å². The molecule has 0 saturated carbocycles. The van der Waals surface area contributed by atoms with E-state index in [1.807, 2.05) is 11.4 Å². The Morgan fingerprint density at radius 3 is 2.27 bits per heavy atom. The number of aliphatic carboxylic acids is 1. The molecule has 0 aromatic heterocycles. The Morgan fingerprint density at radius 1 is 1.40 bits per heavy atom. The second kappa shape index (κ2) is 4.69. The normalized spacial score (nSPS) is 23.1. The zero-order chi connectivity index (χ0) is 10.8. The molecule has 1 unspecified atom stereocenters. The molecular formula is C9H17N3O2S. The number of carboxylic acids is 1. The fourth-order valence-electron chi connectivity index (χ4n) is 1.64. The Morgan fingerprint density at radius 2 is 1.93 bits per heavy atom. The van der Waals surface area contributed by atoms with E-state index in [9.17, 15) is 9.90 Å². The standard InChI is InChI=1S/C9H17N3O2S/c1-15-7-2-8(9(13)14)12(10-3-4-10)11-5-6-11/h8H,2-7H2,1H3,(H,13,14). The second-order valence-electron chi connectivity index (χ2n) is 3.86. The third kappa shape index (κ3) is 2.84. The van der Waals surface area contributed by atoms with E-state index < -0.39 is 5.97 Å². The van der Waals surface area contributed by atoms with Crippen LogP contribution >= 0.6 is 11.8 Å². The monoisotopic (exact) mass is 231 g/mol. The highest BCUT2D eigenvalue weighted by molar-refractivity contribution is 7.98. The fourth-order valence-corrected chi connectivity index (χ4v) is 2.10. The van der Waals surface area contributed by atoms with Gasteiger partial charge in [-0.1, -0.05) is 0 Å². The van der Waals surface area contributed by atoms with Crippen LogP contribution in [0.15, 0.2) is 0 Å². The summed E-state index contributed by atoms with van der Waals surface area (Å²) in [6, 6.07) is -0.373. The van der Waals surface area contributed by atoms with Crippen molar-refractivity contribution in [3.63, 3.8) is 0 Å². The van der Waals surface area contributed by atoms with Gasteiger partial charge in [0, 0.05) is 26.2 Å². The van der Waals surface area contributed by atoms with Crippen molar-refractivity contribution in [2.24, 2.45) is 0 Å². The number of hydrogen-bond donors (Lipinski definition) is 1. The van der Waals surface area contributed by atoms with Crippen molar-refractivity contribution in [1.29, 1.82) is 0 Å². The Balaban J connectivity index is 1.96.